The number of hydrogen-bond donors (Lipinski definition) is 0. The van der Waals surface area contributed by atoms with Gasteiger partial charge in [0.2, 0.25) is 0 Å². The van der Waals surface area contributed by atoms with Crippen molar-refractivity contribution in [1.82, 2.24) is 0 Å². The van der Waals surface area contributed by atoms with Crippen LogP contribution in [0.15, 0.2) is 42.5 Å². The molecule has 0 amide bonds. The van der Waals surface area contributed by atoms with E-state index >= 15 is 0 Å². The van der Waals surface area contributed by atoms with Crippen molar-refractivity contribution < 1.29 is 23.8 Å². The van der Waals surface area contributed by atoms with Gasteiger partial charge in [-0.25, -0.2) is 4.79 Å². The lowest BCUT2D eigenvalue weighted by Gasteiger charge is -2.16. The number of carbonyl (C=O) groups excluding carboxylic acids is 2. The Morgan fingerprint density at radius 3 is 2.50 bits per heavy atom. The van der Waals surface area contributed by atoms with Crippen molar-refractivity contribution in [2.75, 3.05) is 20.8 Å². The number of rotatable bonds is 7. The zero-order chi connectivity index (χ0) is 19.9. The summed E-state index contributed by atoms with van der Waals surface area (Å²) in [6, 6.07) is 11.0. The van der Waals surface area contributed by atoms with E-state index in [1.807, 2.05) is 18.2 Å². The molecule has 5 heteroatoms. The van der Waals surface area contributed by atoms with Crippen LogP contribution in [0.4, 0.5) is 0 Å². The zero-order valence-electron chi connectivity index (χ0n) is 16.2. The first-order valence-corrected chi connectivity index (χ1v) is 9.32. The van der Waals surface area contributed by atoms with Gasteiger partial charge in [-0.05, 0) is 67.2 Å². The van der Waals surface area contributed by atoms with Gasteiger partial charge in [0.15, 0.2) is 12.4 Å². The number of hydrogen-bond acceptors (Lipinski definition) is 5. The number of ether oxygens (including phenoxy) is 3. The SMILES string of the molecule is COc1ccc(OC)c(/C=C/C(=O)OCC(=O)c2ccc3c(c2)CCCC3)c1. The lowest BCUT2D eigenvalue weighted by Crippen LogP contribution is -2.13. The number of ketones is 1. The molecule has 0 atom stereocenters. The molecule has 3 rings (SSSR count). The zero-order valence-corrected chi connectivity index (χ0v) is 16.2. The van der Waals surface area contributed by atoms with Crippen molar-refractivity contribution in [2.24, 2.45) is 0 Å². The molecule has 0 unspecified atom stereocenters. The van der Waals surface area contributed by atoms with Crippen molar-refractivity contribution in [3.05, 3.63) is 64.7 Å². The van der Waals surface area contributed by atoms with E-state index in [0.29, 0.717) is 22.6 Å². The van der Waals surface area contributed by atoms with E-state index in [1.54, 1.807) is 38.5 Å². The second kappa shape index (κ2) is 9.22. The summed E-state index contributed by atoms with van der Waals surface area (Å²) in [4.78, 5) is 24.4. The van der Waals surface area contributed by atoms with E-state index in [-0.39, 0.29) is 12.4 Å². The number of methoxy groups -OCH3 is 2. The summed E-state index contributed by atoms with van der Waals surface area (Å²) in [5.41, 5.74) is 3.81. The van der Waals surface area contributed by atoms with Crippen LogP contribution in [-0.2, 0) is 22.4 Å². The summed E-state index contributed by atoms with van der Waals surface area (Å²) in [7, 11) is 3.12. The highest BCUT2D eigenvalue weighted by molar-refractivity contribution is 5.99. The Morgan fingerprint density at radius 2 is 1.75 bits per heavy atom. The topological polar surface area (TPSA) is 61.8 Å². The molecule has 1 aliphatic rings. The predicted molar refractivity (Wildman–Crippen MR) is 107 cm³/mol. The van der Waals surface area contributed by atoms with Gasteiger partial charge in [0.25, 0.3) is 0 Å². The summed E-state index contributed by atoms with van der Waals surface area (Å²) in [5, 5.41) is 0. The maximum absolute atomic E-state index is 12.4. The van der Waals surface area contributed by atoms with Crippen molar-refractivity contribution in [2.45, 2.75) is 25.7 Å². The van der Waals surface area contributed by atoms with Crippen LogP contribution in [-0.4, -0.2) is 32.6 Å². The number of fused-ring (bicyclic) bond motifs is 1. The van der Waals surface area contributed by atoms with E-state index in [2.05, 4.69) is 0 Å². The van der Waals surface area contributed by atoms with Gasteiger partial charge in [-0.15, -0.1) is 0 Å². The van der Waals surface area contributed by atoms with Crippen LogP contribution in [0.3, 0.4) is 0 Å². The van der Waals surface area contributed by atoms with E-state index in [9.17, 15) is 9.59 Å². The van der Waals surface area contributed by atoms with Gasteiger partial charge in [-0.1, -0.05) is 12.1 Å². The van der Waals surface area contributed by atoms with E-state index in [0.717, 1.165) is 19.3 Å². The first kappa shape index (κ1) is 19.7. The third kappa shape index (κ3) is 4.80. The molecular formula is C23H24O5. The Hall–Kier alpha value is -3.08. The Labute approximate surface area is 164 Å². The van der Waals surface area contributed by atoms with Crippen molar-refractivity contribution >= 4 is 17.8 Å². The number of esters is 1. The second-order valence-electron chi connectivity index (χ2n) is 6.66. The molecule has 0 aromatic heterocycles. The van der Waals surface area contributed by atoms with Gasteiger partial charge in [0, 0.05) is 17.2 Å². The summed E-state index contributed by atoms with van der Waals surface area (Å²) in [5.74, 6) is 0.469. The minimum atomic E-state index is -0.587. The first-order valence-electron chi connectivity index (χ1n) is 9.32. The van der Waals surface area contributed by atoms with E-state index < -0.39 is 5.97 Å². The summed E-state index contributed by atoms with van der Waals surface area (Å²) < 4.78 is 15.6. The molecule has 0 N–H and O–H groups in total. The molecule has 146 valence electrons. The maximum atomic E-state index is 12.4. The Balaban J connectivity index is 1.60. The predicted octanol–water partition coefficient (Wildman–Crippen LogP) is 4.02. The second-order valence-corrected chi connectivity index (χ2v) is 6.66. The summed E-state index contributed by atoms with van der Waals surface area (Å²) in [6.45, 7) is -0.281. The molecule has 0 saturated carbocycles. The normalized spacial score (nSPS) is 13.1. The highest BCUT2D eigenvalue weighted by atomic mass is 16.5. The van der Waals surface area contributed by atoms with Gasteiger partial charge < -0.3 is 14.2 Å². The molecule has 2 aromatic rings. The fourth-order valence-electron chi connectivity index (χ4n) is 3.30. The number of benzene rings is 2. The standard InChI is InChI=1S/C23H24O5/c1-26-20-10-11-22(27-2)19(14-20)9-12-23(25)28-15-21(24)18-8-7-16-5-3-4-6-17(16)13-18/h7-14H,3-6,15H2,1-2H3/b12-9+. The van der Waals surface area contributed by atoms with Crippen LogP contribution in [0.25, 0.3) is 6.08 Å². The molecule has 0 spiro atoms. The van der Waals surface area contributed by atoms with Crippen LogP contribution in [0.2, 0.25) is 0 Å². The van der Waals surface area contributed by atoms with Crippen LogP contribution < -0.4 is 9.47 Å². The molecule has 0 aliphatic heterocycles. The van der Waals surface area contributed by atoms with Gasteiger partial charge in [-0.2, -0.15) is 0 Å². The molecule has 1 aliphatic carbocycles. The first-order chi connectivity index (χ1) is 13.6. The van der Waals surface area contributed by atoms with Crippen molar-refractivity contribution in [3.63, 3.8) is 0 Å². The average molecular weight is 380 g/mol. The third-order valence-electron chi connectivity index (χ3n) is 4.85. The number of Topliss-reactive ketones (excluding diaryl/α,β-unsaturated/α-hetero) is 1. The average Bonchev–Trinajstić information content (AvgIpc) is 2.75. The molecule has 0 heterocycles. The highest BCUT2D eigenvalue weighted by Gasteiger charge is 2.14. The monoisotopic (exact) mass is 380 g/mol. The smallest absolute Gasteiger partial charge is 0.331 e. The van der Waals surface area contributed by atoms with E-state index in [1.165, 1.54) is 23.6 Å². The van der Waals surface area contributed by atoms with E-state index in [4.69, 9.17) is 14.2 Å². The molecule has 0 fully saturated rings. The third-order valence-corrected chi connectivity index (χ3v) is 4.85. The largest absolute Gasteiger partial charge is 0.497 e. The van der Waals surface area contributed by atoms with Gasteiger partial charge >= 0.3 is 5.97 Å². The minimum absolute atomic E-state index is 0.200. The molecule has 0 bridgehead atoms. The van der Waals surface area contributed by atoms with Gasteiger partial charge in [0.05, 0.1) is 14.2 Å². The van der Waals surface area contributed by atoms with Crippen molar-refractivity contribution in [1.29, 1.82) is 0 Å². The molecule has 5 nitrogen and oxygen atoms in total. The molecule has 28 heavy (non-hydrogen) atoms. The maximum Gasteiger partial charge on any atom is 0.331 e. The fraction of sp³-hybridized carbons (Fsp3) is 0.304. The van der Waals surface area contributed by atoms with Crippen LogP contribution in [0.1, 0.15) is 39.9 Å². The Kier molecular flexibility index (Phi) is 6.48. The molecular weight excluding hydrogens is 356 g/mol. The minimum Gasteiger partial charge on any atom is -0.497 e. The summed E-state index contributed by atoms with van der Waals surface area (Å²) >= 11 is 0. The molecule has 2 aromatic carbocycles. The molecule has 0 radical (unpaired) electrons. The lowest BCUT2D eigenvalue weighted by atomic mass is 9.90. The Bertz CT molecular complexity index is 898. The van der Waals surface area contributed by atoms with Crippen LogP contribution in [0.5, 0.6) is 11.5 Å². The quantitative estimate of drug-likeness (QED) is 0.412. The Morgan fingerprint density at radius 1 is 0.964 bits per heavy atom. The number of carbonyl (C=O) groups is 2. The van der Waals surface area contributed by atoms with Gasteiger partial charge in [0.1, 0.15) is 11.5 Å². The highest BCUT2D eigenvalue weighted by Crippen LogP contribution is 2.25. The van der Waals surface area contributed by atoms with Gasteiger partial charge in [-0.3, -0.25) is 4.79 Å². The van der Waals surface area contributed by atoms with Crippen molar-refractivity contribution in [3.8, 4) is 11.5 Å². The number of aryl methyl sites for hydroxylation is 2. The molecule has 0 saturated heterocycles. The van der Waals surface area contributed by atoms with Crippen LogP contribution >= 0.6 is 0 Å². The fourth-order valence-corrected chi connectivity index (χ4v) is 3.30. The lowest BCUT2D eigenvalue weighted by molar-refractivity contribution is -0.136. The summed E-state index contributed by atoms with van der Waals surface area (Å²) in [6.07, 6.45) is 7.27. The van der Waals surface area contributed by atoms with Crippen LogP contribution in [0, 0.1) is 0 Å².